The molecule has 0 atom stereocenters. The third-order valence-electron chi connectivity index (χ3n) is 2.17. The van der Waals surface area contributed by atoms with Gasteiger partial charge in [0.05, 0.1) is 5.56 Å². The summed E-state index contributed by atoms with van der Waals surface area (Å²) in [6.07, 6.45) is 0. The van der Waals surface area contributed by atoms with Crippen molar-refractivity contribution < 1.29 is 9.53 Å². The molecule has 4 N–H and O–H groups in total. The third-order valence-corrected chi connectivity index (χ3v) is 2.17. The molecule has 0 heterocycles. The first-order valence-corrected chi connectivity index (χ1v) is 5.08. The smallest absolute Gasteiger partial charge is 0.343 e. The molecule has 0 radical (unpaired) electrons. The molecule has 0 aliphatic heterocycles. The van der Waals surface area contributed by atoms with Gasteiger partial charge in [-0.1, -0.05) is 18.2 Å². The lowest BCUT2D eigenvalue weighted by Gasteiger charge is -2.05. The van der Waals surface area contributed by atoms with E-state index in [0.717, 1.165) is 0 Å². The van der Waals surface area contributed by atoms with Crippen molar-refractivity contribution in [1.29, 1.82) is 0 Å². The number of nitrogen functional groups attached to an aromatic ring is 2. The second-order valence-corrected chi connectivity index (χ2v) is 3.59. The van der Waals surface area contributed by atoms with Crippen LogP contribution in [0.3, 0.4) is 0 Å². The van der Waals surface area contributed by atoms with Crippen LogP contribution in [-0.4, -0.2) is 5.97 Å². The molecule has 86 valence electrons. The maximum Gasteiger partial charge on any atom is 0.343 e. The third kappa shape index (κ3) is 2.75. The molecule has 0 aliphatic carbocycles. The summed E-state index contributed by atoms with van der Waals surface area (Å²) in [7, 11) is 0. The van der Waals surface area contributed by atoms with Gasteiger partial charge in [0.1, 0.15) is 5.75 Å². The normalized spacial score (nSPS) is 9.88. The number of carbonyl (C=O) groups excluding carboxylic acids is 1. The monoisotopic (exact) mass is 228 g/mol. The van der Waals surface area contributed by atoms with Crippen molar-refractivity contribution in [2.45, 2.75) is 0 Å². The van der Waals surface area contributed by atoms with Crippen LogP contribution in [0.15, 0.2) is 48.5 Å². The Kier molecular flexibility index (Phi) is 2.96. The molecule has 0 saturated heterocycles. The first-order valence-electron chi connectivity index (χ1n) is 5.08. The van der Waals surface area contributed by atoms with E-state index in [1.165, 1.54) is 12.1 Å². The summed E-state index contributed by atoms with van der Waals surface area (Å²) in [6.45, 7) is 0. The van der Waals surface area contributed by atoms with Gasteiger partial charge in [-0.15, -0.1) is 0 Å². The van der Waals surface area contributed by atoms with Crippen LogP contribution in [0.4, 0.5) is 11.4 Å². The summed E-state index contributed by atoms with van der Waals surface area (Å²) in [5.41, 5.74) is 12.4. The number of carbonyl (C=O) groups is 1. The molecule has 0 bridgehead atoms. The van der Waals surface area contributed by atoms with E-state index in [1.54, 1.807) is 30.3 Å². The lowest BCUT2D eigenvalue weighted by Crippen LogP contribution is -2.09. The maximum atomic E-state index is 11.8. The second kappa shape index (κ2) is 4.57. The minimum atomic E-state index is -0.477. The van der Waals surface area contributed by atoms with Gasteiger partial charge in [0.2, 0.25) is 0 Å². The van der Waals surface area contributed by atoms with E-state index in [0.29, 0.717) is 22.7 Å². The Labute approximate surface area is 98.8 Å². The van der Waals surface area contributed by atoms with Crippen LogP contribution in [0.5, 0.6) is 5.75 Å². The minimum Gasteiger partial charge on any atom is -0.423 e. The van der Waals surface area contributed by atoms with Gasteiger partial charge in [-0.3, -0.25) is 0 Å². The average molecular weight is 228 g/mol. The van der Waals surface area contributed by atoms with E-state index in [9.17, 15) is 4.79 Å². The topological polar surface area (TPSA) is 78.3 Å². The summed E-state index contributed by atoms with van der Waals surface area (Å²) >= 11 is 0. The minimum absolute atomic E-state index is 0.339. The van der Waals surface area contributed by atoms with Crippen LogP contribution in [0.1, 0.15) is 10.4 Å². The molecule has 0 fully saturated rings. The van der Waals surface area contributed by atoms with Crippen molar-refractivity contribution in [2.75, 3.05) is 11.5 Å². The molecule has 2 aromatic rings. The molecular weight excluding hydrogens is 216 g/mol. The summed E-state index contributed by atoms with van der Waals surface area (Å²) in [4.78, 5) is 11.8. The van der Waals surface area contributed by atoms with E-state index >= 15 is 0 Å². The lowest BCUT2D eigenvalue weighted by atomic mass is 10.2. The maximum absolute atomic E-state index is 11.8. The van der Waals surface area contributed by atoms with Gasteiger partial charge in [0.15, 0.2) is 0 Å². The average Bonchev–Trinajstić information content (AvgIpc) is 2.29. The highest BCUT2D eigenvalue weighted by molar-refractivity contribution is 5.93. The van der Waals surface area contributed by atoms with Gasteiger partial charge in [-0.25, -0.2) is 4.79 Å². The molecular formula is C13H12N2O2. The van der Waals surface area contributed by atoms with E-state index in [-0.39, 0.29) is 0 Å². The van der Waals surface area contributed by atoms with Crippen LogP contribution in [0.2, 0.25) is 0 Å². The van der Waals surface area contributed by atoms with Crippen LogP contribution in [0, 0.1) is 0 Å². The molecule has 2 rings (SSSR count). The van der Waals surface area contributed by atoms with Gasteiger partial charge in [-0.05, 0) is 30.3 Å². The molecule has 2 aromatic carbocycles. The van der Waals surface area contributed by atoms with Crippen LogP contribution >= 0.6 is 0 Å². The lowest BCUT2D eigenvalue weighted by molar-refractivity contribution is 0.0735. The number of nitrogens with two attached hydrogens (primary N) is 2. The fourth-order valence-corrected chi connectivity index (χ4v) is 1.45. The van der Waals surface area contributed by atoms with Crippen molar-refractivity contribution in [2.24, 2.45) is 0 Å². The molecule has 0 aromatic heterocycles. The van der Waals surface area contributed by atoms with Crippen molar-refractivity contribution in [1.82, 2.24) is 0 Å². The molecule has 0 saturated carbocycles. The SMILES string of the molecule is Nc1cc(N)cc(C(=O)Oc2ccccc2)c1. The van der Waals surface area contributed by atoms with E-state index in [4.69, 9.17) is 16.2 Å². The van der Waals surface area contributed by atoms with E-state index < -0.39 is 5.97 Å². The standard InChI is InChI=1S/C13H12N2O2/c14-10-6-9(7-11(15)8-10)13(16)17-12-4-2-1-3-5-12/h1-8H,14-15H2. The molecule has 4 nitrogen and oxygen atoms in total. The highest BCUT2D eigenvalue weighted by Gasteiger charge is 2.09. The zero-order valence-electron chi connectivity index (χ0n) is 9.09. The van der Waals surface area contributed by atoms with Gasteiger partial charge in [0, 0.05) is 11.4 Å². The first-order chi connectivity index (χ1) is 8.15. The van der Waals surface area contributed by atoms with Gasteiger partial charge in [0.25, 0.3) is 0 Å². The fourth-order valence-electron chi connectivity index (χ4n) is 1.45. The Bertz CT molecular complexity index is 518. The van der Waals surface area contributed by atoms with Crippen molar-refractivity contribution in [3.63, 3.8) is 0 Å². The second-order valence-electron chi connectivity index (χ2n) is 3.59. The Morgan fingerprint density at radius 3 is 2.12 bits per heavy atom. The predicted molar refractivity (Wildman–Crippen MR) is 66.7 cm³/mol. The summed E-state index contributed by atoms with van der Waals surface area (Å²) in [6, 6.07) is 13.5. The number of esters is 1. The molecule has 0 spiro atoms. The highest BCUT2D eigenvalue weighted by Crippen LogP contribution is 2.16. The Morgan fingerprint density at radius 1 is 0.941 bits per heavy atom. The van der Waals surface area contributed by atoms with Gasteiger partial charge < -0.3 is 16.2 Å². The summed E-state index contributed by atoms with van der Waals surface area (Å²) < 4.78 is 5.16. The summed E-state index contributed by atoms with van der Waals surface area (Å²) in [5.74, 6) is 0.00805. The Balaban J connectivity index is 2.20. The fraction of sp³-hybridized carbons (Fsp3) is 0. The zero-order chi connectivity index (χ0) is 12.3. The molecule has 4 heteroatoms. The van der Waals surface area contributed by atoms with Crippen LogP contribution in [0.25, 0.3) is 0 Å². The van der Waals surface area contributed by atoms with Gasteiger partial charge >= 0.3 is 5.97 Å². The number of hydrogen-bond donors (Lipinski definition) is 2. The number of hydrogen-bond acceptors (Lipinski definition) is 4. The van der Waals surface area contributed by atoms with Crippen LogP contribution in [-0.2, 0) is 0 Å². The van der Waals surface area contributed by atoms with Crippen molar-refractivity contribution >= 4 is 17.3 Å². The number of rotatable bonds is 2. The largest absolute Gasteiger partial charge is 0.423 e. The molecule has 0 amide bonds. The van der Waals surface area contributed by atoms with Gasteiger partial charge in [-0.2, -0.15) is 0 Å². The number of para-hydroxylation sites is 1. The van der Waals surface area contributed by atoms with Crippen LogP contribution < -0.4 is 16.2 Å². The highest BCUT2D eigenvalue weighted by atomic mass is 16.5. The number of benzene rings is 2. The quantitative estimate of drug-likeness (QED) is 0.468. The number of ether oxygens (including phenoxy) is 1. The molecule has 0 aliphatic rings. The Hall–Kier alpha value is -2.49. The predicted octanol–water partition coefficient (Wildman–Crippen LogP) is 2.07. The van der Waals surface area contributed by atoms with Crippen molar-refractivity contribution in [3.8, 4) is 5.75 Å². The summed E-state index contributed by atoms with van der Waals surface area (Å²) in [5, 5.41) is 0. The van der Waals surface area contributed by atoms with E-state index in [2.05, 4.69) is 0 Å². The first kappa shape index (κ1) is 11.0. The molecule has 0 unspecified atom stereocenters. The van der Waals surface area contributed by atoms with Crippen molar-refractivity contribution in [3.05, 3.63) is 54.1 Å². The Morgan fingerprint density at radius 2 is 1.53 bits per heavy atom. The number of anilines is 2. The molecule has 17 heavy (non-hydrogen) atoms. The van der Waals surface area contributed by atoms with E-state index in [1.807, 2.05) is 6.07 Å². The zero-order valence-corrected chi connectivity index (χ0v) is 9.09.